The largest absolute Gasteiger partial charge is 0.504 e. The summed E-state index contributed by atoms with van der Waals surface area (Å²) in [6, 6.07) is 18.7. The van der Waals surface area contributed by atoms with E-state index in [-0.39, 0.29) is 72.9 Å². The number of aryl methyl sites for hydroxylation is 1. The number of rotatable bonds is 13. The van der Waals surface area contributed by atoms with Gasteiger partial charge >= 0.3 is 5.97 Å². The van der Waals surface area contributed by atoms with E-state index in [1.165, 1.54) is 36.4 Å². The number of aliphatic hydroxyl groups excluding tert-OH is 1. The van der Waals surface area contributed by atoms with E-state index in [4.69, 9.17) is 24.7 Å². The van der Waals surface area contributed by atoms with Gasteiger partial charge in [0, 0.05) is 24.5 Å². The third-order valence-corrected chi connectivity index (χ3v) is 11.5. The molecule has 3 bridgehead atoms. The Balaban J connectivity index is 1.21. The number of aromatic hydroxyl groups is 3. The van der Waals surface area contributed by atoms with Gasteiger partial charge in [-0.3, -0.25) is 9.59 Å². The van der Waals surface area contributed by atoms with E-state index in [1.54, 1.807) is 30.4 Å². The number of hydrogen-bond acceptors (Lipinski definition) is 12. The Bertz CT molecular complexity index is 2080. The lowest BCUT2D eigenvalue weighted by Crippen LogP contribution is -2.72. The summed E-state index contributed by atoms with van der Waals surface area (Å²) < 4.78 is 24.8. The maximum Gasteiger partial charge on any atom is 0.336 e. The Morgan fingerprint density at radius 1 is 0.930 bits per heavy atom. The molecule has 3 aromatic rings. The number of Topliss-reactive ketones (excluding diaryl/α,β-unsaturated/α-hetero) is 1. The first-order chi connectivity index (χ1) is 27.4. The standard InChI is InChI=1S/C44H47NO12/c45-16-17-54-37-15-10-27(19-35(37)49)8-13-32(46)25-56-44(42(52)53)23-36(50)39-40-38(44)31-12-11-30(18-28-9-14-33(47)34(48)20-28)41(51)43(22-31,57-40)21-29(24-55-39)7-6-26-4-2-1-3-5-26/h1-5,8-15,18-20,29,31,36,38-40,47-50H,6-7,16-17,21-25,45H2,(H,52,53)/t29-,31-,36-,38+,39-,40-,43-,44+/m1/s1. The second-order valence-electron chi connectivity index (χ2n) is 15.3. The van der Waals surface area contributed by atoms with E-state index in [1.807, 2.05) is 30.3 Å². The van der Waals surface area contributed by atoms with Gasteiger partial charge in [-0.25, -0.2) is 4.79 Å². The fourth-order valence-corrected chi connectivity index (χ4v) is 8.84. The van der Waals surface area contributed by atoms with E-state index >= 15 is 0 Å². The normalized spacial score (nSPS) is 30.1. The fourth-order valence-electron chi connectivity index (χ4n) is 8.84. The van der Waals surface area contributed by atoms with Gasteiger partial charge in [0.15, 0.2) is 40.2 Å². The van der Waals surface area contributed by atoms with Crippen LogP contribution in [0.2, 0.25) is 0 Å². The number of hydrogen-bond donors (Lipinski definition) is 6. The number of aliphatic carboxylic acids is 1. The van der Waals surface area contributed by atoms with Crippen LogP contribution in [0.5, 0.6) is 23.0 Å². The van der Waals surface area contributed by atoms with Gasteiger partial charge in [0.25, 0.3) is 0 Å². The quantitative estimate of drug-likeness (QED) is 0.105. The van der Waals surface area contributed by atoms with E-state index < -0.39 is 66.1 Å². The van der Waals surface area contributed by atoms with Gasteiger partial charge in [-0.05, 0) is 90.6 Å². The van der Waals surface area contributed by atoms with Gasteiger partial charge in [0.2, 0.25) is 0 Å². The number of phenolic OH excluding ortho intramolecular Hbond substituents is 3. The number of carboxylic acid groups (broad SMARTS) is 1. The zero-order chi connectivity index (χ0) is 40.3. The van der Waals surface area contributed by atoms with Crippen molar-refractivity contribution in [3.63, 3.8) is 0 Å². The van der Waals surface area contributed by atoms with Crippen LogP contribution in [0, 0.1) is 17.8 Å². The van der Waals surface area contributed by atoms with Gasteiger partial charge in [-0.2, -0.15) is 0 Å². The predicted molar refractivity (Wildman–Crippen MR) is 207 cm³/mol. The number of nitrogens with two attached hydrogens (primary N) is 1. The molecule has 1 spiro atoms. The minimum Gasteiger partial charge on any atom is -0.504 e. The zero-order valence-corrected chi connectivity index (χ0v) is 31.2. The number of carboxylic acids is 1. The van der Waals surface area contributed by atoms with Crippen molar-refractivity contribution in [2.75, 3.05) is 26.4 Å². The molecule has 2 aliphatic heterocycles. The van der Waals surface area contributed by atoms with Crippen LogP contribution >= 0.6 is 0 Å². The van der Waals surface area contributed by atoms with Gasteiger partial charge in [-0.15, -0.1) is 0 Å². The molecule has 300 valence electrons. The van der Waals surface area contributed by atoms with Crippen molar-refractivity contribution >= 4 is 29.7 Å². The zero-order valence-electron chi connectivity index (χ0n) is 31.2. The van der Waals surface area contributed by atoms with E-state index in [0.717, 1.165) is 5.56 Å². The molecule has 57 heavy (non-hydrogen) atoms. The van der Waals surface area contributed by atoms with Gasteiger partial charge in [0.05, 0.1) is 18.8 Å². The molecule has 3 fully saturated rings. The van der Waals surface area contributed by atoms with Crippen LogP contribution in [-0.4, -0.2) is 98.9 Å². The van der Waals surface area contributed by atoms with Crippen LogP contribution in [0.25, 0.3) is 12.2 Å². The topological polar surface area (TPSA) is 215 Å². The lowest BCUT2D eigenvalue weighted by molar-refractivity contribution is -0.296. The van der Waals surface area contributed by atoms with Crippen molar-refractivity contribution in [2.24, 2.45) is 23.5 Å². The second-order valence-corrected chi connectivity index (χ2v) is 15.3. The highest BCUT2D eigenvalue weighted by Crippen LogP contribution is 2.55. The van der Waals surface area contributed by atoms with Gasteiger partial charge < -0.3 is 50.2 Å². The predicted octanol–water partition coefficient (Wildman–Crippen LogP) is 4.35. The maximum absolute atomic E-state index is 14.8. The van der Waals surface area contributed by atoms with E-state index in [2.05, 4.69) is 0 Å². The highest BCUT2D eigenvalue weighted by molar-refractivity contribution is 6.08. The van der Waals surface area contributed by atoms with E-state index in [9.17, 15) is 39.9 Å². The summed E-state index contributed by atoms with van der Waals surface area (Å²) in [6.45, 7) is 0.0257. The average molecular weight is 782 g/mol. The first-order valence-corrected chi connectivity index (χ1v) is 19.1. The third-order valence-electron chi connectivity index (χ3n) is 11.5. The van der Waals surface area contributed by atoms with Crippen LogP contribution in [0.15, 0.2) is 90.5 Å². The van der Waals surface area contributed by atoms with Crippen molar-refractivity contribution in [3.8, 4) is 23.0 Å². The van der Waals surface area contributed by atoms with Crippen molar-refractivity contribution < 1.29 is 58.9 Å². The molecule has 2 saturated heterocycles. The number of carbonyl (C=O) groups is 3. The van der Waals surface area contributed by atoms with Crippen molar-refractivity contribution in [1.29, 1.82) is 0 Å². The van der Waals surface area contributed by atoms with Crippen molar-refractivity contribution in [1.82, 2.24) is 0 Å². The first-order valence-electron chi connectivity index (χ1n) is 19.1. The summed E-state index contributed by atoms with van der Waals surface area (Å²) in [4.78, 5) is 41.5. The number of phenols is 3. The fraction of sp³-hybridized carbons (Fsp3) is 0.386. The Morgan fingerprint density at radius 3 is 2.44 bits per heavy atom. The maximum atomic E-state index is 14.8. The van der Waals surface area contributed by atoms with Crippen LogP contribution in [-0.2, 0) is 35.0 Å². The highest BCUT2D eigenvalue weighted by Gasteiger charge is 2.67. The van der Waals surface area contributed by atoms with Crippen LogP contribution in [0.1, 0.15) is 42.4 Å². The van der Waals surface area contributed by atoms with Crippen LogP contribution in [0.3, 0.4) is 0 Å². The highest BCUT2D eigenvalue weighted by atomic mass is 16.6. The number of aliphatic hydroxyl groups is 1. The summed E-state index contributed by atoms with van der Waals surface area (Å²) in [7, 11) is 0. The first kappa shape index (κ1) is 39.9. The molecule has 1 saturated carbocycles. The van der Waals surface area contributed by atoms with Gasteiger partial charge in [-0.1, -0.05) is 60.7 Å². The Morgan fingerprint density at radius 2 is 1.70 bits per heavy atom. The number of ketones is 2. The molecule has 7 N–H and O–H groups in total. The summed E-state index contributed by atoms with van der Waals surface area (Å²) >= 11 is 0. The lowest BCUT2D eigenvalue weighted by Gasteiger charge is -2.58. The molecular weight excluding hydrogens is 734 g/mol. The number of allylic oxidation sites excluding steroid dienone is 2. The van der Waals surface area contributed by atoms with Crippen LogP contribution < -0.4 is 10.5 Å². The number of carbonyl (C=O) groups excluding carboxylic acids is 2. The molecule has 2 aliphatic carbocycles. The summed E-state index contributed by atoms with van der Waals surface area (Å²) in [5.41, 5.74) is 4.23. The Labute approximate surface area is 329 Å². The average Bonchev–Trinajstić information content (AvgIpc) is 3.28. The number of benzene rings is 3. The molecule has 7 rings (SSSR count). The minimum absolute atomic E-state index is 0.118. The smallest absolute Gasteiger partial charge is 0.336 e. The molecule has 13 heteroatoms. The molecule has 2 heterocycles. The monoisotopic (exact) mass is 781 g/mol. The molecule has 13 nitrogen and oxygen atoms in total. The molecule has 0 unspecified atom stereocenters. The third kappa shape index (κ3) is 8.25. The van der Waals surface area contributed by atoms with E-state index in [0.29, 0.717) is 24.0 Å². The molecule has 8 atom stereocenters. The van der Waals surface area contributed by atoms with Gasteiger partial charge in [0.1, 0.15) is 24.9 Å². The number of fused-ring (bicyclic) bond motifs is 2. The molecule has 3 aromatic carbocycles. The van der Waals surface area contributed by atoms with Crippen molar-refractivity contribution in [3.05, 3.63) is 107 Å². The SMILES string of the molecule is NCCOc1ccc(C=CC(=O)CO[C@@]2(C(=O)O)C[C@@H](O)[C@H]3OC[C@H](CCc4ccccc4)C[C@@]45C[C@@H](C=CC(=Cc6ccc(O)c(O)c6)C4=O)[C@H]2[C@H]3O5)cc1O. The Kier molecular flexibility index (Phi) is 11.7. The number of ether oxygens (including phenoxy) is 4. The molecule has 0 amide bonds. The second kappa shape index (κ2) is 16.7. The summed E-state index contributed by atoms with van der Waals surface area (Å²) in [5.74, 6) is -4.62. The lowest BCUT2D eigenvalue weighted by atomic mass is 9.60. The van der Waals surface area contributed by atoms with Crippen molar-refractivity contribution in [2.45, 2.75) is 61.6 Å². The molecule has 0 radical (unpaired) electrons. The molecule has 4 aliphatic rings. The van der Waals surface area contributed by atoms with Crippen LogP contribution in [0.4, 0.5) is 0 Å². The summed E-state index contributed by atoms with van der Waals surface area (Å²) in [6.07, 6.45) is 5.54. The molecular formula is C44H47NO12. The summed E-state index contributed by atoms with van der Waals surface area (Å²) in [5, 5.41) is 53.1. The molecule has 0 aromatic heterocycles. The Hall–Kier alpha value is -5.31. The minimum atomic E-state index is -2.11.